The maximum absolute atomic E-state index is 13.3. The highest BCUT2D eigenvalue weighted by Crippen LogP contribution is 2.40. The predicted octanol–water partition coefficient (Wildman–Crippen LogP) is 3.16. The number of nitrogens with zero attached hydrogens (tertiary/aromatic N) is 2. The van der Waals surface area contributed by atoms with Crippen LogP contribution in [0.25, 0.3) is 11.0 Å². The van der Waals surface area contributed by atoms with Crippen molar-refractivity contribution in [2.45, 2.75) is 18.9 Å². The highest BCUT2D eigenvalue weighted by Gasteiger charge is 2.28. The first kappa shape index (κ1) is 8.24. The Kier molecular flexibility index (Phi) is 1.59. The Morgan fingerprint density at radius 1 is 1.43 bits per heavy atom. The molecule has 0 spiro atoms. The molecule has 1 aliphatic rings. The van der Waals surface area contributed by atoms with E-state index >= 15 is 0 Å². The first-order chi connectivity index (χ1) is 6.77. The number of rotatable bonds is 1. The molecule has 1 saturated carbocycles. The molecule has 0 atom stereocenters. The van der Waals surface area contributed by atoms with Crippen LogP contribution in [0.15, 0.2) is 18.2 Å². The van der Waals surface area contributed by atoms with Crippen molar-refractivity contribution in [1.29, 1.82) is 0 Å². The average Bonchev–Trinajstić information content (AvgIpc) is 2.91. The smallest absolute Gasteiger partial charge is 0.204 e. The summed E-state index contributed by atoms with van der Waals surface area (Å²) in [6, 6.07) is 5.38. The third-order valence-electron chi connectivity index (χ3n) is 2.54. The van der Waals surface area contributed by atoms with Crippen LogP contribution in [0.4, 0.5) is 4.39 Å². The molecule has 2 nitrogen and oxygen atoms in total. The summed E-state index contributed by atoms with van der Waals surface area (Å²) < 4.78 is 15.2. The zero-order valence-electron chi connectivity index (χ0n) is 7.37. The standard InChI is InChI=1S/C10H8ClFN2/c11-10-13-9-7(12)2-1-3-8(9)14(10)6-4-5-6/h1-3,6H,4-5H2. The van der Waals surface area contributed by atoms with Crippen LogP contribution < -0.4 is 0 Å². The molecule has 14 heavy (non-hydrogen) atoms. The van der Waals surface area contributed by atoms with Crippen molar-refractivity contribution in [3.63, 3.8) is 0 Å². The van der Waals surface area contributed by atoms with Gasteiger partial charge in [-0.3, -0.25) is 0 Å². The van der Waals surface area contributed by atoms with Crippen LogP contribution in [0.5, 0.6) is 0 Å². The van der Waals surface area contributed by atoms with Gasteiger partial charge in [0.1, 0.15) is 5.52 Å². The summed E-state index contributed by atoms with van der Waals surface area (Å²) in [7, 11) is 0. The minimum atomic E-state index is -0.302. The van der Waals surface area contributed by atoms with Gasteiger partial charge in [-0.25, -0.2) is 9.37 Å². The molecule has 0 N–H and O–H groups in total. The second kappa shape index (κ2) is 2.70. The van der Waals surface area contributed by atoms with Gasteiger partial charge < -0.3 is 4.57 Å². The molecular formula is C10H8ClFN2. The average molecular weight is 211 g/mol. The van der Waals surface area contributed by atoms with E-state index in [1.165, 1.54) is 6.07 Å². The third-order valence-corrected chi connectivity index (χ3v) is 2.81. The van der Waals surface area contributed by atoms with Gasteiger partial charge in [-0.2, -0.15) is 0 Å². The van der Waals surface area contributed by atoms with Crippen molar-refractivity contribution in [3.05, 3.63) is 29.3 Å². The van der Waals surface area contributed by atoms with E-state index in [0.717, 1.165) is 18.4 Å². The monoisotopic (exact) mass is 210 g/mol. The molecule has 0 aliphatic heterocycles. The van der Waals surface area contributed by atoms with Gasteiger partial charge in [0.2, 0.25) is 5.28 Å². The number of para-hydroxylation sites is 1. The summed E-state index contributed by atoms with van der Waals surface area (Å²) in [4.78, 5) is 4.03. The van der Waals surface area contributed by atoms with E-state index in [4.69, 9.17) is 11.6 Å². The minimum Gasteiger partial charge on any atom is -0.311 e. The van der Waals surface area contributed by atoms with Gasteiger partial charge in [0.25, 0.3) is 0 Å². The maximum Gasteiger partial charge on any atom is 0.204 e. The van der Waals surface area contributed by atoms with E-state index < -0.39 is 0 Å². The summed E-state index contributed by atoms with van der Waals surface area (Å²) in [5.74, 6) is -0.302. The summed E-state index contributed by atoms with van der Waals surface area (Å²) in [6.07, 6.45) is 2.23. The molecule has 1 fully saturated rings. The molecule has 0 radical (unpaired) electrons. The molecule has 1 aliphatic carbocycles. The van der Waals surface area contributed by atoms with Gasteiger partial charge in [0.15, 0.2) is 5.82 Å². The SMILES string of the molecule is Fc1cccc2c1nc(Cl)n2C1CC1. The van der Waals surface area contributed by atoms with E-state index in [-0.39, 0.29) is 5.82 Å². The largest absolute Gasteiger partial charge is 0.311 e. The first-order valence-corrected chi connectivity index (χ1v) is 4.97. The topological polar surface area (TPSA) is 17.8 Å². The van der Waals surface area contributed by atoms with Crippen molar-refractivity contribution < 1.29 is 4.39 Å². The first-order valence-electron chi connectivity index (χ1n) is 4.59. The lowest BCUT2D eigenvalue weighted by molar-refractivity contribution is 0.637. The molecule has 72 valence electrons. The van der Waals surface area contributed by atoms with Crippen molar-refractivity contribution >= 4 is 22.6 Å². The van der Waals surface area contributed by atoms with Gasteiger partial charge in [0.05, 0.1) is 5.52 Å². The summed E-state index contributed by atoms with van der Waals surface area (Å²) in [5, 5.41) is 0.396. The van der Waals surface area contributed by atoms with Gasteiger partial charge in [-0.15, -0.1) is 0 Å². The molecule has 0 unspecified atom stereocenters. The van der Waals surface area contributed by atoms with Crippen molar-refractivity contribution in [1.82, 2.24) is 9.55 Å². The summed E-state index contributed by atoms with van der Waals surface area (Å²) in [6.45, 7) is 0. The molecule has 4 heteroatoms. The molecule has 0 saturated heterocycles. The number of hydrogen-bond acceptors (Lipinski definition) is 1. The maximum atomic E-state index is 13.3. The lowest BCUT2D eigenvalue weighted by Crippen LogP contribution is -1.92. The fourth-order valence-electron chi connectivity index (χ4n) is 1.73. The Morgan fingerprint density at radius 3 is 2.93 bits per heavy atom. The van der Waals surface area contributed by atoms with Crippen molar-refractivity contribution in [3.8, 4) is 0 Å². The van der Waals surface area contributed by atoms with Crippen molar-refractivity contribution in [2.24, 2.45) is 0 Å². The Morgan fingerprint density at radius 2 is 2.21 bits per heavy atom. The van der Waals surface area contributed by atoms with Gasteiger partial charge in [-0.05, 0) is 36.6 Å². The second-order valence-electron chi connectivity index (χ2n) is 3.59. The number of imidazole rings is 1. The number of hydrogen-bond donors (Lipinski definition) is 0. The van der Waals surface area contributed by atoms with E-state index in [0.29, 0.717) is 16.8 Å². The highest BCUT2D eigenvalue weighted by atomic mass is 35.5. The van der Waals surface area contributed by atoms with Crippen LogP contribution in [0.1, 0.15) is 18.9 Å². The van der Waals surface area contributed by atoms with Crippen molar-refractivity contribution in [2.75, 3.05) is 0 Å². The molecule has 1 aromatic carbocycles. The normalized spacial score (nSPS) is 16.4. The fraction of sp³-hybridized carbons (Fsp3) is 0.300. The molecule has 1 heterocycles. The van der Waals surface area contributed by atoms with E-state index in [9.17, 15) is 4.39 Å². The van der Waals surface area contributed by atoms with E-state index in [1.54, 1.807) is 6.07 Å². The molecule has 0 amide bonds. The van der Waals surface area contributed by atoms with Gasteiger partial charge in [0, 0.05) is 6.04 Å². The van der Waals surface area contributed by atoms with Crippen LogP contribution in [0.2, 0.25) is 5.28 Å². The van der Waals surface area contributed by atoms with Crippen LogP contribution in [0.3, 0.4) is 0 Å². The summed E-state index contributed by atoms with van der Waals surface area (Å²) in [5.41, 5.74) is 1.18. The highest BCUT2D eigenvalue weighted by molar-refractivity contribution is 6.29. The predicted molar refractivity (Wildman–Crippen MR) is 53.0 cm³/mol. The Labute approximate surface area is 85.3 Å². The second-order valence-corrected chi connectivity index (χ2v) is 3.93. The Balaban J connectivity index is 2.37. The Bertz CT molecular complexity index is 502. The number of benzene rings is 1. The van der Waals surface area contributed by atoms with Crippen LogP contribution in [-0.4, -0.2) is 9.55 Å². The Hall–Kier alpha value is -1.09. The fourth-order valence-corrected chi connectivity index (χ4v) is 2.05. The van der Waals surface area contributed by atoms with Crippen LogP contribution >= 0.6 is 11.6 Å². The van der Waals surface area contributed by atoms with Crippen LogP contribution in [-0.2, 0) is 0 Å². The number of aromatic nitrogens is 2. The quantitative estimate of drug-likeness (QED) is 0.707. The third kappa shape index (κ3) is 1.05. The zero-order valence-corrected chi connectivity index (χ0v) is 8.13. The molecule has 3 rings (SSSR count). The minimum absolute atomic E-state index is 0.302. The molecule has 1 aromatic heterocycles. The van der Waals surface area contributed by atoms with Gasteiger partial charge >= 0.3 is 0 Å². The lowest BCUT2D eigenvalue weighted by Gasteiger charge is -2.01. The van der Waals surface area contributed by atoms with Gasteiger partial charge in [-0.1, -0.05) is 6.07 Å². The molecular weight excluding hydrogens is 203 g/mol. The molecule has 0 bridgehead atoms. The lowest BCUT2D eigenvalue weighted by atomic mass is 10.3. The molecule has 2 aromatic rings. The van der Waals surface area contributed by atoms with E-state index in [2.05, 4.69) is 4.98 Å². The van der Waals surface area contributed by atoms with Crippen LogP contribution in [0, 0.1) is 5.82 Å². The number of halogens is 2. The zero-order chi connectivity index (χ0) is 9.71. The van der Waals surface area contributed by atoms with E-state index in [1.807, 2.05) is 10.6 Å². The summed E-state index contributed by atoms with van der Waals surface area (Å²) >= 11 is 5.96. The number of fused-ring (bicyclic) bond motifs is 1.